The van der Waals surface area contributed by atoms with E-state index in [9.17, 15) is 9.90 Å². The zero-order valence-corrected chi connectivity index (χ0v) is 14.1. The van der Waals surface area contributed by atoms with Gasteiger partial charge in [-0.3, -0.25) is 0 Å². The summed E-state index contributed by atoms with van der Waals surface area (Å²) in [5.41, 5.74) is 2.85. The van der Waals surface area contributed by atoms with E-state index in [1.54, 1.807) is 0 Å². The highest BCUT2D eigenvalue weighted by molar-refractivity contribution is 5.90. The minimum Gasteiger partial charge on any atom is -0.491 e. The summed E-state index contributed by atoms with van der Waals surface area (Å²) in [6, 6.07) is 14.9. The molecule has 0 fully saturated rings. The van der Waals surface area contributed by atoms with Crippen LogP contribution in [0.2, 0.25) is 0 Å². The first-order valence-corrected chi connectivity index (χ1v) is 8.09. The predicted molar refractivity (Wildman–Crippen MR) is 95.5 cm³/mol. The van der Waals surface area contributed by atoms with Gasteiger partial charge in [-0.2, -0.15) is 0 Å². The van der Waals surface area contributed by atoms with E-state index < -0.39 is 6.10 Å². The highest BCUT2D eigenvalue weighted by Gasteiger charge is 2.10. The third-order valence-corrected chi connectivity index (χ3v) is 3.67. The van der Waals surface area contributed by atoms with Crippen LogP contribution in [0.3, 0.4) is 0 Å². The maximum atomic E-state index is 11.9. The highest BCUT2D eigenvalue weighted by atomic mass is 16.5. The molecule has 0 bridgehead atoms. The minimum absolute atomic E-state index is 0.117. The van der Waals surface area contributed by atoms with Crippen LogP contribution in [0.5, 0.6) is 5.75 Å². The molecule has 0 aromatic heterocycles. The monoisotopic (exact) mass is 328 g/mol. The van der Waals surface area contributed by atoms with Gasteiger partial charge in [0.1, 0.15) is 18.5 Å². The Bertz CT molecular complexity index is 673. The van der Waals surface area contributed by atoms with E-state index in [1.807, 2.05) is 62.4 Å². The molecule has 24 heavy (non-hydrogen) atoms. The molecule has 5 heteroatoms. The molecule has 5 nitrogen and oxygen atoms in total. The second kappa shape index (κ2) is 8.93. The second-order valence-electron chi connectivity index (χ2n) is 5.58. The van der Waals surface area contributed by atoms with E-state index in [4.69, 9.17) is 4.74 Å². The summed E-state index contributed by atoms with van der Waals surface area (Å²) in [4.78, 5) is 11.9. The number of hydrogen-bond acceptors (Lipinski definition) is 3. The third-order valence-electron chi connectivity index (χ3n) is 3.67. The number of ether oxygens (including phenoxy) is 1. The second-order valence-corrected chi connectivity index (χ2v) is 5.58. The molecular weight excluding hydrogens is 304 g/mol. The zero-order chi connectivity index (χ0) is 17.4. The van der Waals surface area contributed by atoms with Crippen molar-refractivity contribution in [3.8, 4) is 5.75 Å². The van der Waals surface area contributed by atoms with Crippen LogP contribution in [-0.4, -0.2) is 30.4 Å². The molecule has 0 spiro atoms. The van der Waals surface area contributed by atoms with Gasteiger partial charge in [0.25, 0.3) is 0 Å². The topological polar surface area (TPSA) is 70.6 Å². The number of hydrogen-bond donors (Lipinski definition) is 3. The van der Waals surface area contributed by atoms with Gasteiger partial charge in [-0.25, -0.2) is 4.79 Å². The molecule has 1 atom stereocenters. The number of aliphatic hydroxyl groups is 1. The Kier molecular flexibility index (Phi) is 6.63. The summed E-state index contributed by atoms with van der Waals surface area (Å²) >= 11 is 0. The van der Waals surface area contributed by atoms with Gasteiger partial charge in [-0.1, -0.05) is 43.3 Å². The van der Waals surface area contributed by atoms with Crippen LogP contribution in [-0.2, 0) is 6.42 Å². The van der Waals surface area contributed by atoms with Crippen molar-refractivity contribution in [1.29, 1.82) is 0 Å². The number of carbonyl (C=O) groups excluding carboxylic acids is 1. The molecule has 128 valence electrons. The normalized spacial score (nSPS) is 11.6. The molecule has 0 heterocycles. The van der Waals surface area contributed by atoms with Gasteiger partial charge >= 0.3 is 6.03 Å². The fourth-order valence-corrected chi connectivity index (χ4v) is 2.29. The number of benzene rings is 2. The number of aliphatic hydroxyl groups excluding tert-OH is 1. The number of anilines is 1. The van der Waals surface area contributed by atoms with Crippen LogP contribution >= 0.6 is 0 Å². The average molecular weight is 328 g/mol. The SMILES string of the molecule is CCc1ccccc1NC(=O)NCC(O)COc1ccccc1C. The van der Waals surface area contributed by atoms with E-state index in [2.05, 4.69) is 10.6 Å². The van der Waals surface area contributed by atoms with E-state index in [0.29, 0.717) is 0 Å². The molecule has 2 amide bonds. The average Bonchev–Trinajstić information content (AvgIpc) is 2.59. The summed E-state index contributed by atoms with van der Waals surface area (Å²) < 4.78 is 5.56. The van der Waals surface area contributed by atoms with Crippen molar-refractivity contribution >= 4 is 11.7 Å². The fourth-order valence-electron chi connectivity index (χ4n) is 2.29. The molecule has 0 radical (unpaired) electrons. The van der Waals surface area contributed by atoms with Crippen LogP contribution in [0.15, 0.2) is 48.5 Å². The van der Waals surface area contributed by atoms with Crippen molar-refractivity contribution in [2.24, 2.45) is 0 Å². The summed E-state index contributed by atoms with van der Waals surface area (Å²) in [6.45, 7) is 4.21. The van der Waals surface area contributed by atoms with E-state index in [-0.39, 0.29) is 19.2 Å². The van der Waals surface area contributed by atoms with E-state index in [0.717, 1.165) is 29.0 Å². The van der Waals surface area contributed by atoms with Crippen LogP contribution < -0.4 is 15.4 Å². The first-order chi connectivity index (χ1) is 11.6. The number of carbonyl (C=O) groups is 1. The number of para-hydroxylation sites is 2. The fraction of sp³-hybridized carbons (Fsp3) is 0.316. The summed E-state index contributed by atoms with van der Waals surface area (Å²) in [6.07, 6.45) is 0.0559. The highest BCUT2D eigenvalue weighted by Crippen LogP contribution is 2.16. The number of urea groups is 1. The first kappa shape index (κ1) is 17.8. The van der Waals surface area contributed by atoms with Crippen LogP contribution in [0.1, 0.15) is 18.1 Å². The Labute approximate surface area is 142 Å². The Morgan fingerprint density at radius 3 is 2.62 bits per heavy atom. The standard InChI is InChI=1S/C19H24N2O3/c1-3-15-9-5-6-10-17(15)21-19(23)20-12-16(22)13-24-18-11-7-4-8-14(18)2/h4-11,16,22H,3,12-13H2,1-2H3,(H2,20,21,23). The first-order valence-electron chi connectivity index (χ1n) is 8.09. The van der Waals surface area contributed by atoms with Gasteiger partial charge in [-0.15, -0.1) is 0 Å². The Balaban J connectivity index is 1.76. The van der Waals surface area contributed by atoms with Gasteiger partial charge in [-0.05, 0) is 36.6 Å². The smallest absolute Gasteiger partial charge is 0.319 e. The predicted octanol–water partition coefficient (Wildman–Crippen LogP) is 3.12. The lowest BCUT2D eigenvalue weighted by Crippen LogP contribution is -2.37. The lowest BCUT2D eigenvalue weighted by molar-refractivity contribution is 0.108. The molecule has 0 aliphatic carbocycles. The summed E-state index contributed by atoms with van der Waals surface area (Å²) in [5.74, 6) is 0.734. The molecule has 1 unspecified atom stereocenters. The van der Waals surface area contributed by atoms with Gasteiger partial charge in [0.05, 0.1) is 0 Å². The number of rotatable bonds is 7. The largest absolute Gasteiger partial charge is 0.491 e. The molecule has 0 saturated heterocycles. The maximum absolute atomic E-state index is 11.9. The van der Waals surface area contributed by atoms with Crippen LogP contribution in [0.4, 0.5) is 10.5 Å². The van der Waals surface area contributed by atoms with Gasteiger partial charge < -0.3 is 20.5 Å². The van der Waals surface area contributed by atoms with Gasteiger partial charge in [0.15, 0.2) is 0 Å². The molecule has 2 rings (SSSR count). The quantitative estimate of drug-likeness (QED) is 0.731. The van der Waals surface area contributed by atoms with Crippen molar-refractivity contribution in [1.82, 2.24) is 5.32 Å². The molecule has 0 saturated carbocycles. The Morgan fingerprint density at radius 2 is 1.88 bits per heavy atom. The summed E-state index contributed by atoms with van der Waals surface area (Å²) in [7, 11) is 0. The molecule has 2 aromatic rings. The lowest BCUT2D eigenvalue weighted by Gasteiger charge is -2.15. The van der Waals surface area contributed by atoms with Crippen molar-refractivity contribution in [2.45, 2.75) is 26.4 Å². The number of nitrogens with one attached hydrogen (secondary N) is 2. The number of aryl methyl sites for hydroxylation is 2. The molecule has 2 aromatic carbocycles. The molecular formula is C19H24N2O3. The lowest BCUT2D eigenvalue weighted by atomic mass is 10.1. The number of amides is 2. The van der Waals surface area contributed by atoms with Gasteiger partial charge in [0, 0.05) is 12.2 Å². The van der Waals surface area contributed by atoms with E-state index >= 15 is 0 Å². The molecule has 0 aliphatic rings. The minimum atomic E-state index is -0.781. The summed E-state index contributed by atoms with van der Waals surface area (Å²) in [5, 5.41) is 15.4. The van der Waals surface area contributed by atoms with E-state index in [1.165, 1.54) is 0 Å². The third kappa shape index (κ3) is 5.28. The van der Waals surface area contributed by atoms with Gasteiger partial charge in [0.2, 0.25) is 0 Å². The van der Waals surface area contributed by atoms with Crippen LogP contribution in [0.25, 0.3) is 0 Å². The van der Waals surface area contributed by atoms with Crippen molar-refractivity contribution < 1.29 is 14.6 Å². The van der Waals surface area contributed by atoms with Crippen molar-refractivity contribution in [3.63, 3.8) is 0 Å². The zero-order valence-electron chi connectivity index (χ0n) is 14.1. The molecule has 3 N–H and O–H groups in total. The van der Waals surface area contributed by atoms with Crippen molar-refractivity contribution in [2.75, 3.05) is 18.5 Å². The van der Waals surface area contributed by atoms with Crippen LogP contribution in [0, 0.1) is 6.92 Å². The Morgan fingerprint density at radius 1 is 1.17 bits per heavy atom. The molecule has 0 aliphatic heterocycles. The maximum Gasteiger partial charge on any atom is 0.319 e. The van der Waals surface area contributed by atoms with Crippen molar-refractivity contribution in [3.05, 3.63) is 59.7 Å². The Hall–Kier alpha value is -2.53.